The molecule has 0 heterocycles. The van der Waals surface area contributed by atoms with E-state index in [9.17, 15) is 0 Å². The van der Waals surface area contributed by atoms with Crippen LogP contribution in [-0.4, -0.2) is 32.3 Å². The lowest BCUT2D eigenvalue weighted by Gasteiger charge is -2.02. The van der Waals surface area contributed by atoms with E-state index in [0.29, 0.717) is 13.2 Å². The number of nitrogens with one attached hydrogen (secondary N) is 1. The van der Waals surface area contributed by atoms with E-state index in [1.165, 1.54) is 0 Å². The highest BCUT2D eigenvalue weighted by molar-refractivity contribution is 5.88. The number of aliphatic imine (C=N–C) groups is 1. The summed E-state index contributed by atoms with van der Waals surface area (Å²) in [6.07, 6.45) is 0. The Balaban J connectivity index is 3.51. The van der Waals surface area contributed by atoms with Gasteiger partial charge < -0.3 is 20.9 Å². The van der Waals surface area contributed by atoms with E-state index in [1.807, 2.05) is 0 Å². The molecular formula is C5H12N4O2. The number of ether oxygens (including phenoxy) is 2. The van der Waals surface area contributed by atoms with Gasteiger partial charge in [-0.2, -0.15) is 4.99 Å². The number of methoxy groups -OCH3 is 1. The monoisotopic (exact) mass is 160 g/mol. The average molecular weight is 160 g/mol. The zero-order valence-electron chi connectivity index (χ0n) is 6.33. The average Bonchev–Trinajstić information content (AvgIpc) is 1.86. The van der Waals surface area contributed by atoms with E-state index in [2.05, 4.69) is 9.73 Å². The van der Waals surface area contributed by atoms with Crippen molar-refractivity contribution in [2.45, 2.75) is 0 Å². The lowest BCUT2D eigenvalue weighted by atomic mass is 10.8. The Morgan fingerprint density at radius 3 is 2.55 bits per heavy atom. The molecule has 0 atom stereocenters. The van der Waals surface area contributed by atoms with Gasteiger partial charge >= 0.3 is 0 Å². The molecule has 0 unspecified atom stereocenters. The molecule has 0 amide bonds. The SMILES string of the molecule is COCCO/C(N)=N/C(=N)N. The molecule has 0 aromatic heterocycles. The van der Waals surface area contributed by atoms with Gasteiger partial charge in [-0.25, -0.2) is 0 Å². The van der Waals surface area contributed by atoms with Crippen LogP contribution in [0.25, 0.3) is 0 Å². The predicted octanol–water partition coefficient (Wildman–Crippen LogP) is -1.14. The summed E-state index contributed by atoms with van der Waals surface area (Å²) in [6.45, 7) is 0.729. The van der Waals surface area contributed by atoms with Crippen LogP contribution in [0, 0.1) is 5.41 Å². The van der Waals surface area contributed by atoms with Crippen LogP contribution in [0.15, 0.2) is 4.99 Å². The molecule has 64 valence electrons. The van der Waals surface area contributed by atoms with Crippen LogP contribution in [0.4, 0.5) is 0 Å². The van der Waals surface area contributed by atoms with Crippen LogP contribution in [0.3, 0.4) is 0 Å². The van der Waals surface area contributed by atoms with Gasteiger partial charge in [-0.1, -0.05) is 0 Å². The first-order chi connectivity index (χ1) is 5.16. The molecule has 6 heteroatoms. The molecular weight excluding hydrogens is 148 g/mol. The third kappa shape index (κ3) is 6.59. The van der Waals surface area contributed by atoms with Crippen LogP contribution >= 0.6 is 0 Å². The fraction of sp³-hybridized carbons (Fsp3) is 0.600. The van der Waals surface area contributed by atoms with Crippen LogP contribution in [0.2, 0.25) is 0 Å². The fourth-order valence-corrected chi connectivity index (χ4v) is 0.381. The normalized spacial score (nSPS) is 11.2. The Hall–Kier alpha value is -1.30. The van der Waals surface area contributed by atoms with Gasteiger partial charge in [-0.15, -0.1) is 0 Å². The Morgan fingerprint density at radius 2 is 2.09 bits per heavy atom. The smallest absolute Gasteiger partial charge is 0.290 e. The summed E-state index contributed by atoms with van der Waals surface area (Å²) in [5, 5.41) is 6.70. The minimum Gasteiger partial charge on any atom is -0.463 e. The van der Waals surface area contributed by atoms with E-state index in [-0.39, 0.29) is 12.0 Å². The largest absolute Gasteiger partial charge is 0.463 e. The second-order valence-corrected chi connectivity index (χ2v) is 1.68. The molecule has 0 bridgehead atoms. The highest BCUT2D eigenvalue weighted by Gasteiger charge is 1.92. The molecule has 0 saturated heterocycles. The maximum absolute atomic E-state index is 6.70. The van der Waals surface area contributed by atoms with Gasteiger partial charge in [-0.05, 0) is 0 Å². The van der Waals surface area contributed by atoms with Crippen molar-refractivity contribution in [2.24, 2.45) is 16.5 Å². The van der Waals surface area contributed by atoms with Gasteiger partial charge in [0.2, 0.25) is 5.96 Å². The molecule has 0 spiro atoms. The van der Waals surface area contributed by atoms with Crippen LogP contribution < -0.4 is 11.5 Å². The summed E-state index contributed by atoms with van der Waals surface area (Å²) in [6, 6.07) is -0.116. The standard InChI is InChI=1S/C5H12N4O2/c1-10-2-3-11-5(8)9-4(6)7/h2-3H2,1H3,(H5,6,7,8,9). The fourth-order valence-electron chi connectivity index (χ4n) is 0.381. The number of rotatable bonds is 3. The Bertz CT molecular complexity index is 157. The van der Waals surface area contributed by atoms with Gasteiger partial charge in [0.05, 0.1) is 6.61 Å². The summed E-state index contributed by atoms with van der Waals surface area (Å²) in [5.41, 5.74) is 10.1. The lowest BCUT2D eigenvalue weighted by molar-refractivity contribution is 0.140. The second kappa shape index (κ2) is 5.48. The van der Waals surface area contributed by atoms with Crippen LogP contribution in [0.5, 0.6) is 0 Å². The summed E-state index contributed by atoms with van der Waals surface area (Å²) in [4.78, 5) is 3.33. The van der Waals surface area contributed by atoms with Crippen LogP contribution in [-0.2, 0) is 9.47 Å². The van der Waals surface area contributed by atoms with Crippen molar-refractivity contribution in [3.05, 3.63) is 0 Å². The molecule has 0 aliphatic rings. The molecule has 0 saturated carbocycles. The molecule has 11 heavy (non-hydrogen) atoms. The van der Waals surface area contributed by atoms with Crippen molar-refractivity contribution in [1.29, 1.82) is 5.41 Å². The molecule has 0 rings (SSSR count). The molecule has 5 N–H and O–H groups in total. The molecule has 0 aromatic carbocycles. The van der Waals surface area contributed by atoms with Crippen molar-refractivity contribution in [3.8, 4) is 0 Å². The van der Waals surface area contributed by atoms with E-state index in [4.69, 9.17) is 21.6 Å². The Labute approximate surface area is 64.7 Å². The summed E-state index contributed by atoms with van der Waals surface area (Å²) >= 11 is 0. The van der Waals surface area contributed by atoms with Gasteiger partial charge in [0.15, 0.2) is 0 Å². The number of amidine groups is 1. The zero-order valence-corrected chi connectivity index (χ0v) is 6.33. The topological polar surface area (TPSA) is 107 Å². The van der Waals surface area contributed by atoms with Gasteiger partial charge in [0, 0.05) is 7.11 Å². The highest BCUT2D eigenvalue weighted by atomic mass is 16.5. The first-order valence-electron chi connectivity index (χ1n) is 2.96. The van der Waals surface area contributed by atoms with Crippen LogP contribution in [0.1, 0.15) is 0 Å². The van der Waals surface area contributed by atoms with E-state index in [1.54, 1.807) is 7.11 Å². The quantitative estimate of drug-likeness (QED) is 0.275. The molecule has 0 aliphatic heterocycles. The first-order valence-corrected chi connectivity index (χ1v) is 2.96. The molecule has 0 aromatic rings. The summed E-state index contributed by atoms with van der Waals surface area (Å²) in [5.74, 6) is -0.375. The zero-order chi connectivity index (χ0) is 8.69. The lowest BCUT2D eigenvalue weighted by Crippen LogP contribution is -2.22. The summed E-state index contributed by atoms with van der Waals surface area (Å²) in [7, 11) is 1.54. The molecule has 0 fully saturated rings. The second-order valence-electron chi connectivity index (χ2n) is 1.68. The molecule has 6 nitrogen and oxygen atoms in total. The Kier molecular flexibility index (Phi) is 4.83. The maximum atomic E-state index is 6.70. The number of nitrogens with zero attached hydrogens (tertiary/aromatic N) is 1. The molecule has 0 radical (unpaired) electrons. The van der Waals surface area contributed by atoms with Gasteiger partial charge in [0.25, 0.3) is 6.02 Å². The van der Waals surface area contributed by atoms with Crippen molar-refractivity contribution in [2.75, 3.05) is 20.3 Å². The van der Waals surface area contributed by atoms with Crippen molar-refractivity contribution < 1.29 is 9.47 Å². The minimum absolute atomic E-state index is 0.116. The minimum atomic E-state index is -0.375. The first kappa shape index (κ1) is 9.70. The van der Waals surface area contributed by atoms with E-state index in [0.717, 1.165) is 0 Å². The van der Waals surface area contributed by atoms with Gasteiger partial charge in [-0.3, -0.25) is 5.41 Å². The number of nitrogens with two attached hydrogens (primary N) is 2. The highest BCUT2D eigenvalue weighted by Crippen LogP contribution is 1.76. The maximum Gasteiger partial charge on any atom is 0.290 e. The summed E-state index contributed by atoms with van der Waals surface area (Å²) < 4.78 is 9.45. The third-order valence-electron chi connectivity index (χ3n) is 0.768. The van der Waals surface area contributed by atoms with E-state index >= 15 is 0 Å². The number of hydrogen-bond acceptors (Lipinski definition) is 3. The van der Waals surface area contributed by atoms with Crippen molar-refractivity contribution in [3.63, 3.8) is 0 Å². The molecule has 0 aliphatic carbocycles. The van der Waals surface area contributed by atoms with E-state index < -0.39 is 0 Å². The number of guanidine groups is 1. The van der Waals surface area contributed by atoms with Gasteiger partial charge in [0.1, 0.15) is 6.61 Å². The predicted molar refractivity (Wildman–Crippen MR) is 41.4 cm³/mol. The Morgan fingerprint density at radius 1 is 1.45 bits per heavy atom. The third-order valence-corrected chi connectivity index (χ3v) is 0.768. The van der Waals surface area contributed by atoms with Crippen molar-refractivity contribution in [1.82, 2.24) is 0 Å². The van der Waals surface area contributed by atoms with Crippen molar-refractivity contribution >= 4 is 12.0 Å². The number of hydrogen-bond donors (Lipinski definition) is 3.